The number of rotatable bonds is 6. The van der Waals surface area contributed by atoms with E-state index in [1.165, 1.54) is 6.42 Å². The van der Waals surface area contributed by atoms with Crippen LogP contribution in [0.3, 0.4) is 0 Å². The predicted molar refractivity (Wildman–Crippen MR) is 82.6 cm³/mol. The number of likely N-dealkylation sites (N-methyl/N-ethyl adjacent to an activating group) is 1. The van der Waals surface area contributed by atoms with Crippen LogP contribution in [0.25, 0.3) is 0 Å². The van der Waals surface area contributed by atoms with E-state index in [0.717, 1.165) is 18.9 Å². The lowest BCUT2D eigenvalue weighted by Gasteiger charge is -2.33. The van der Waals surface area contributed by atoms with E-state index < -0.39 is 0 Å². The van der Waals surface area contributed by atoms with E-state index >= 15 is 0 Å². The Kier molecular flexibility index (Phi) is 5.44. The van der Waals surface area contributed by atoms with Crippen LogP contribution in [0.5, 0.6) is 0 Å². The van der Waals surface area contributed by atoms with Crippen molar-refractivity contribution in [3.63, 3.8) is 0 Å². The molecule has 3 nitrogen and oxygen atoms in total. The van der Waals surface area contributed by atoms with Crippen molar-refractivity contribution in [3.8, 4) is 0 Å². The van der Waals surface area contributed by atoms with Crippen LogP contribution >= 0.6 is 0 Å². The molecule has 1 aliphatic heterocycles. The summed E-state index contributed by atoms with van der Waals surface area (Å²) in [5.41, 5.74) is -0.0906. The van der Waals surface area contributed by atoms with E-state index in [0.29, 0.717) is 12.1 Å². The molecule has 1 aliphatic rings. The molecule has 0 radical (unpaired) electrons. The Labute approximate surface area is 120 Å². The van der Waals surface area contributed by atoms with E-state index in [9.17, 15) is 0 Å². The van der Waals surface area contributed by atoms with E-state index in [1.54, 1.807) is 0 Å². The molecule has 114 valence electrons. The highest BCUT2D eigenvalue weighted by atomic mass is 16.5. The molecule has 19 heavy (non-hydrogen) atoms. The largest absolute Gasteiger partial charge is 0.368 e. The molecule has 0 spiro atoms. The van der Waals surface area contributed by atoms with Crippen LogP contribution in [0, 0.1) is 5.92 Å². The molecule has 3 heteroatoms. The van der Waals surface area contributed by atoms with Gasteiger partial charge < -0.3 is 15.0 Å². The van der Waals surface area contributed by atoms with Gasteiger partial charge >= 0.3 is 0 Å². The summed E-state index contributed by atoms with van der Waals surface area (Å²) >= 11 is 0. The van der Waals surface area contributed by atoms with Crippen LogP contribution in [-0.4, -0.2) is 48.8 Å². The van der Waals surface area contributed by atoms with E-state index in [2.05, 4.69) is 65.9 Å². The second kappa shape index (κ2) is 6.11. The highest BCUT2D eigenvalue weighted by Gasteiger charge is 2.46. The molecule has 2 unspecified atom stereocenters. The first kappa shape index (κ1) is 16.9. The molecule has 0 saturated carbocycles. The molecule has 0 aromatic heterocycles. The smallest absolute Gasteiger partial charge is 0.0787 e. The van der Waals surface area contributed by atoms with Gasteiger partial charge in [-0.2, -0.15) is 0 Å². The lowest BCUT2D eigenvalue weighted by molar-refractivity contribution is -0.0707. The molecule has 0 aromatic carbocycles. The fourth-order valence-corrected chi connectivity index (χ4v) is 3.31. The van der Waals surface area contributed by atoms with Crippen molar-refractivity contribution >= 4 is 0 Å². The maximum atomic E-state index is 6.18. The zero-order chi connectivity index (χ0) is 14.8. The zero-order valence-corrected chi connectivity index (χ0v) is 14.2. The van der Waals surface area contributed by atoms with Crippen LogP contribution in [0.2, 0.25) is 0 Å². The third kappa shape index (κ3) is 5.41. The van der Waals surface area contributed by atoms with Crippen molar-refractivity contribution in [1.82, 2.24) is 10.2 Å². The number of nitrogens with one attached hydrogen (secondary N) is 1. The third-order valence-electron chi connectivity index (χ3n) is 3.85. The fraction of sp³-hybridized carbons (Fsp3) is 1.00. The Morgan fingerprint density at radius 2 is 1.79 bits per heavy atom. The molecular weight excluding hydrogens is 236 g/mol. The molecule has 1 heterocycles. The van der Waals surface area contributed by atoms with Gasteiger partial charge in [0.05, 0.1) is 11.2 Å². The molecule has 1 saturated heterocycles. The van der Waals surface area contributed by atoms with Crippen molar-refractivity contribution in [3.05, 3.63) is 0 Å². The molecule has 0 aliphatic carbocycles. The van der Waals surface area contributed by atoms with Crippen LogP contribution in [0.1, 0.15) is 54.4 Å². The monoisotopic (exact) mass is 270 g/mol. The van der Waals surface area contributed by atoms with Crippen molar-refractivity contribution in [2.24, 2.45) is 5.92 Å². The third-order valence-corrected chi connectivity index (χ3v) is 3.85. The van der Waals surface area contributed by atoms with Gasteiger partial charge in [0.15, 0.2) is 0 Å². The van der Waals surface area contributed by atoms with Gasteiger partial charge in [-0.15, -0.1) is 0 Å². The minimum atomic E-state index is -0.0783. The maximum absolute atomic E-state index is 6.18. The molecule has 0 amide bonds. The average molecular weight is 270 g/mol. The molecular formula is C16H34N2O. The van der Waals surface area contributed by atoms with Gasteiger partial charge in [0.1, 0.15) is 0 Å². The Hall–Kier alpha value is -0.120. The lowest BCUT2D eigenvalue weighted by Crippen LogP contribution is -2.51. The summed E-state index contributed by atoms with van der Waals surface area (Å²) in [7, 11) is 4.30. The van der Waals surface area contributed by atoms with Crippen LogP contribution in [0.4, 0.5) is 0 Å². The highest BCUT2D eigenvalue weighted by Crippen LogP contribution is 2.37. The number of hydrogen-bond acceptors (Lipinski definition) is 3. The Balaban J connectivity index is 2.67. The van der Waals surface area contributed by atoms with Crippen molar-refractivity contribution in [2.75, 3.05) is 20.6 Å². The second-order valence-electron chi connectivity index (χ2n) is 7.98. The predicted octanol–water partition coefficient (Wildman–Crippen LogP) is 2.90. The normalized spacial score (nSPS) is 27.2. The van der Waals surface area contributed by atoms with Crippen LogP contribution < -0.4 is 5.32 Å². The molecule has 2 atom stereocenters. The minimum Gasteiger partial charge on any atom is -0.368 e. The number of nitrogens with zero attached hydrogens (tertiary/aromatic N) is 1. The van der Waals surface area contributed by atoms with Crippen molar-refractivity contribution < 1.29 is 4.74 Å². The van der Waals surface area contributed by atoms with E-state index in [1.807, 2.05) is 0 Å². The summed E-state index contributed by atoms with van der Waals surface area (Å²) in [6.45, 7) is 14.5. The Bertz CT molecular complexity index is 274. The number of hydrogen-bond donors (Lipinski definition) is 1. The van der Waals surface area contributed by atoms with Crippen LogP contribution in [-0.2, 0) is 4.74 Å². The molecule has 0 bridgehead atoms. The first-order valence-electron chi connectivity index (χ1n) is 7.63. The maximum Gasteiger partial charge on any atom is 0.0787 e. The van der Waals surface area contributed by atoms with Gasteiger partial charge in [-0.1, -0.05) is 13.8 Å². The molecule has 0 aromatic rings. The van der Waals surface area contributed by atoms with Gasteiger partial charge in [0.2, 0.25) is 0 Å². The van der Waals surface area contributed by atoms with Gasteiger partial charge in [0.25, 0.3) is 0 Å². The molecule has 1 N–H and O–H groups in total. The summed E-state index contributed by atoms with van der Waals surface area (Å²) in [6.07, 6.45) is 2.30. The second-order valence-corrected chi connectivity index (χ2v) is 7.98. The first-order chi connectivity index (χ1) is 8.52. The van der Waals surface area contributed by atoms with Gasteiger partial charge in [-0.25, -0.2) is 0 Å². The van der Waals surface area contributed by atoms with Gasteiger partial charge in [-0.3, -0.25) is 0 Å². The van der Waals surface area contributed by atoms with Crippen LogP contribution in [0.15, 0.2) is 0 Å². The zero-order valence-electron chi connectivity index (χ0n) is 14.2. The van der Waals surface area contributed by atoms with Gasteiger partial charge in [-0.05, 0) is 60.5 Å². The quantitative estimate of drug-likeness (QED) is 0.803. The molecule has 1 rings (SSSR count). The van der Waals surface area contributed by atoms with Gasteiger partial charge in [0, 0.05) is 18.6 Å². The standard InChI is InChI=1S/C16H34N2O/c1-12(2)9-13(11-18(7)8)17-14-10-15(3,4)19-16(14,5)6/h12-14,17H,9-11H2,1-8H3. The Morgan fingerprint density at radius 1 is 1.21 bits per heavy atom. The summed E-state index contributed by atoms with van der Waals surface area (Å²) < 4.78 is 6.18. The Morgan fingerprint density at radius 3 is 2.16 bits per heavy atom. The summed E-state index contributed by atoms with van der Waals surface area (Å²) in [4.78, 5) is 2.27. The first-order valence-corrected chi connectivity index (χ1v) is 7.63. The summed E-state index contributed by atoms with van der Waals surface area (Å²) in [5, 5.41) is 3.86. The van der Waals surface area contributed by atoms with Crippen molar-refractivity contribution in [1.29, 1.82) is 0 Å². The average Bonchev–Trinajstić information content (AvgIpc) is 2.31. The molecule has 1 fully saturated rings. The van der Waals surface area contributed by atoms with E-state index in [4.69, 9.17) is 4.74 Å². The number of ether oxygens (including phenoxy) is 1. The van der Waals surface area contributed by atoms with E-state index in [-0.39, 0.29) is 11.2 Å². The lowest BCUT2D eigenvalue weighted by atomic mass is 9.92. The SMILES string of the molecule is CC(C)CC(CN(C)C)NC1CC(C)(C)OC1(C)C. The topological polar surface area (TPSA) is 24.5 Å². The summed E-state index contributed by atoms with van der Waals surface area (Å²) in [5.74, 6) is 0.718. The summed E-state index contributed by atoms with van der Waals surface area (Å²) in [6, 6.07) is 0.975. The highest BCUT2D eigenvalue weighted by molar-refractivity contribution is 5.00. The minimum absolute atomic E-state index is 0.0122. The fourth-order valence-electron chi connectivity index (χ4n) is 3.31. The van der Waals surface area contributed by atoms with Crippen molar-refractivity contribution in [2.45, 2.75) is 77.7 Å².